The Kier molecular flexibility index (Phi) is 5.33. The van der Waals surface area contributed by atoms with E-state index in [1.807, 2.05) is 24.6 Å². The zero-order chi connectivity index (χ0) is 19.4. The molecule has 3 aromatic rings. The van der Waals surface area contributed by atoms with Gasteiger partial charge in [0.05, 0.1) is 23.9 Å². The second kappa shape index (κ2) is 7.84. The summed E-state index contributed by atoms with van der Waals surface area (Å²) in [4.78, 5) is 12.4. The molecule has 4 heteroatoms. The van der Waals surface area contributed by atoms with E-state index in [1.165, 1.54) is 11.1 Å². The van der Waals surface area contributed by atoms with Gasteiger partial charge in [-0.2, -0.15) is 10.4 Å². The van der Waals surface area contributed by atoms with Crippen molar-refractivity contribution in [3.05, 3.63) is 93.8 Å². The number of benzene rings is 2. The summed E-state index contributed by atoms with van der Waals surface area (Å²) >= 11 is 0. The van der Waals surface area contributed by atoms with Crippen molar-refractivity contribution in [1.29, 1.82) is 5.26 Å². The Hall–Kier alpha value is -3.45. The Morgan fingerprint density at radius 1 is 1.07 bits per heavy atom. The molecule has 0 unspecified atom stereocenters. The lowest BCUT2D eigenvalue weighted by Crippen LogP contribution is -2.04. The van der Waals surface area contributed by atoms with E-state index >= 15 is 0 Å². The first kappa shape index (κ1) is 18.3. The zero-order valence-electron chi connectivity index (χ0n) is 15.7. The number of nitrogens with zero attached hydrogens (tertiary/aromatic N) is 3. The summed E-state index contributed by atoms with van der Waals surface area (Å²) in [7, 11) is 0. The van der Waals surface area contributed by atoms with Crippen LogP contribution in [0.2, 0.25) is 0 Å². The van der Waals surface area contributed by atoms with Gasteiger partial charge in [-0.25, -0.2) is 0 Å². The van der Waals surface area contributed by atoms with Crippen LogP contribution >= 0.6 is 0 Å². The van der Waals surface area contributed by atoms with Crippen LogP contribution in [0.25, 0.3) is 6.08 Å². The summed E-state index contributed by atoms with van der Waals surface area (Å²) in [5.41, 5.74) is 6.41. The van der Waals surface area contributed by atoms with E-state index in [9.17, 15) is 4.79 Å². The van der Waals surface area contributed by atoms with Crippen molar-refractivity contribution in [1.82, 2.24) is 9.78 Å². The van der Waals surface area contributed by atoms with Gasteiger partial charge in [0, 0.05) is 16.8 Å². The second-order valence-corrected chi connectivity index (χ2v) is 6.61. The van der Waals surface area contributed by atoms with Gasteiger partial charge in [-0.15, -0.1) is 0 Å². The highest BCUT2D eigenvalue weighted by Crippen LogP contribution is 2.17. The molecule has 0 radical (unpaired) electrons. The lowest BCUT2D eigenvalue weighted by atomic mass is 10.1. The highest BCUT2D eigenvalue weighted by molar-refractivity contribution is 6.06. The number of nitriles is 1. The topological polar surface area (TPSA) is 58.7 Å². The molecule has 134 valence electrons. The Morgan fingerprint density at radius 3 is 2.37 bits per heavy atom. The Labute approximate surface area is 159 Å². The second-order valence-electron chi connectivity index (χ2n) is 6.61. The van der Waals surface area contributed by atoms with Crippen LogP contribution in [0.1, 0.15) is 44.0 Å². The van der Waals surface area contributed by atoms with E-state index < -0.39 is 0 Å². The van der Waals surface area contributed by atoms with Crippen LogP contribution in [-0.4, -0.2) is 15.6 Å². The fraction of sp³-hybridized carbons (Fsp3) is 0.174. The molecule has 0 atom stereocenters. The molecule has 3 rings (SSSR count). The molecule has 0 fully saturated rings. The highest BCUT2D eigenvalue weighted by Gasteiger charge is 2.10. The molecule has 2 aromatic carbocycles. The Bertz CT molecular complexity index is 1030. The van der Waals surface area contributed by atoms with Crippen LogP contribution in [0, 0.1) is 32.1 Å². The van der Waals surface area contributed by atoms with Gasteiger partial charge < -0.3 is 0 Å². The number of ketones is 1. The molecule has 0 amide bonds. The number of carbonyl (C=O) groups is 1. The van der Waals surface area contributed by atoms with Crippen molar-refractivity contribution in [3.63, 3.8) is 0 Å². The third-order valence-electron chi connectivity index (χ3n) is 4.59. The number of hydrogen-bond acceptors (Lipinski definition) is 3. The molecule has 0 aliphatic rings. The molecule has 1 heterocycles. The van der Waals surface area contributed by atoms with Crippen molar-refractivity contribution in [2.24, 2.45) is 0 Å². The molecule has 1 aromatic heterocycles. The first-order valence-electron chi connectivity index (χ1n) is 8.80. The normalized spacial score (nSPS) is 10.9. The van der Waals surface area contributed by atoms with Crippen LogP contribution < -0.4 is 0 Å². The molecule has 0 saturated carbocycles. The van der Waals surface area contributed by atoms with Crippen LogP contribution in [0.3, 0.4) is 0 Å². The number of carbonyl (C=O) groups excluding carboxylic acids is 1. The number of aryl methyl sites for hydroxylation is 2. The van der Waals surface area contributed by atoms with Crippen LogP contribution in [0.4, 0.5) is 0 Å². The van der Waals surface area contributed by atoms with E-state index in [0.29, 0.717) is 17.7 Å². The number of hydrogen-bond donors (Lipinski definition) is 0. The van der Waals surface area contributed by atoms with Gasteiger partial charge in [-0.3, -0.25) is 9.48 Å². The molecule has 0 bridgehead atoms. The summed E-state index contributed by atoms with van der Waals surface area (Å²) in [6.45, 7) is 6.73. The minimum Gasteiger partial charge on any atom is -0.289 e. The van der Waals surface area contributed by atoms with Gasteiger partial charge in [-0.05, 0) is 62.8 Å². The summed E-state index contributed by atoms with van der Waals surface area (Å²) in [5, 5.41) is 13.5. The quantitative estimate of drug-likeness (QED) is 0.495. The molecule has 0 aliphatic heterocycles. The maximum atomic E-state index is 12.4. The first-order chi connectivity index (χ1) is 13.0. The maximum Gasteiger partial charge on any atom is 0.185 e. The smallest absolute Gasteiger partial charge is 0.185 e. The molecule has 27 heavy (non-hydrogen) atoms. The minimum atomic E-state index is -0.0930. The number of allylic oxidation sites excluding steroid dienone is 1. The first-order valence-corrected chi connectivity index (χ1v) is 8.80. The lowest BCUT2D eigenvalue weighted by molar-refractivity contribution is 0.104. The van der Waals surface area contributed by atoms with E-state index in [0.717, 1.165) is 17.0 Å². The van der Waals surface area contributed by atoms with Gasteiger partial charge in [0.25, 0.3) is 0 Å². The fourth-order valence-corrected chi connectivity index (χ4v) is 2.94. The van der Waals surface area contributed by atoms with E-state index in [4.69, 9.17) is 5.26 Å². The predicted octanol–water partition coefficient (Wildman–Crippen LogP) is 4.62. The van der Waals surface area contributed by atoms with Crippen molar-refractivity contribution in [2.75, 3.05) is 0 Å². The molecule has 4 nitrogen and oxygen atoms in total. The molecule has 0 N–H and O–H groups in total. The molecule has 0 spiro atoms. The van der Waals surface area contributed by atoms with Crippen LogP contribution in [0.15, 0.2) is 54.6 Å². The average molecular weight is 355 g/mol. The minimum absolute atomic E-state index is 0.0930. The summed E-state index contributed by atoms with van der Waals surface area (Å²) in [5.74, 6) is -0.0930. The monoisotopic (exact) mass is 355 g/mol. The van der Waals surface area contributed by atoms with Crippen molar-refractivity contribution >= 4 is 11.9 Å². The molecule has 0 aliphatic carbocycles. The Morgan fingerprint density at radius 2 is 1.74 bits per heavy atom. The van der Waals surface area contributed by atoms with Gasteiger partial charge in [0.1, 0.15) is 0 Å². The van der Waals surface area contributed by atoms with Gasteiger partial charge in [0.2, 0.25) is 0 Å². The van der Waals surface area contributed by atoms with Crippen LogP contribution in [0.5, 0.6) is 0 Å². The van der Waals surface area contributed by atoms with Crippen molar-refractivity contribution in [3.8, 4) is 6.07 Å². The fourth-order valence-electron chi connectivity index (χ4n) is 2.94. The van der Waals surface area contributed by atoms with Gasteiger partial charge in [-0.1, -0.05) is 29.8 Å². The van der Waals surface area contributed by atoms with E-state index in [1.54, 1.807) is 30.3 Å². The summed E-state index contributed by atoms with van der Waals surface area (Å²) < 4.78 is 1.96. The third kappa shape index (κ3) is 4.21. The molecular weight excluding hydrogens is 334 g/mol. The highest BCUT2D eigenvalue weighted by atomic mass is 16.1. The number of aromatic nitrogens is 2. The third-order valence-corrected chi connectivity index (χ3v) is 4.59. The molecular formula is C23H21N3O. The maximum absolute atomic E-state index is 12.4. The van der Waals surface area contributed by atoms with E-state index in [2.05, 4.69) is 42.4 Å². The molecule has 0 saturated heterocycles. The summed E-state index contributed by atoms with van der Waals surface area (Å²) in [6, 6.07) is 17.1. The largest absolute Gasteiger partial charge is 0.289 e. The van der Waals surface area contributed by atoms with E-state index in [-0.39, 0.29) is 5.78 Å². The summed E-state index contributed by atoms with van der Waals surface area (Å²) in [6.07, 6.45) is 3.39. The zero-order valence-corrected chi connectivity index (χ0v) is 15.7. The van der Waals surface area contributed by atoms with Gasteiger partial charge >= 0.3 is 0 Å². The number of rotatable bonds is 5. The van der Waals surface area contributed by atoms with Gasteiger partial charge in [0.15, 0.2) is 5.78 Å². The Balaban J connectivity index is 1.79. The standard InChI is InChI=1S/C23H21N3O/c1-16-4-6-20(7-5-16)15-26-18(3)22(17(2)25-26)12-13-23(27)21-10-8-19(14-24)9-11-21/h4-13H,15H2,1-3H3/b13-12+. The average Bonchev–Trinajstić information content (AvgIpc) is 2.94. The predicted molar refractivity (Wildman–Crippen MR) is 107 cm³/mol. The van der Waals surface area contributed by atoms with Crippen LogP contribution in [-0.2, 0) is 6.54 Å². The SMILES string of the molecule is Cc1ccc(Cn2nc(C)c(/C=C/C(=O)c3ccc(C#N)cc3)c2C)cc1. The van der Waals surface area contributed by atoms with Crippen molar-refractivity contribution in [2.45, 2.75) is 27.3 Å². The van der Waals surface area contributed by atoms with Crippen molar-refractivity contribution < 1.29 is 4.79 Å². The lowest BCUT2D eigenvalue weighted by Gasteiger charge is -2.05.